The molecule has 1 aromatic carbocycles. The zero-order valence-corrected chi connectivity index (χ0v) is 12.9. The number of methoxy groups -OCH3 is 1. The van der Waals surface area contributed by atoms with Gasteiger partial charge in [-0.2, -0.15) is 14.0 Å². The van der Waals surface area contributed by atoms with Crippen LogP contribution in [0.15, 0.2) is 23.8 Å². The minimum absolute atomic E-state index is 0.0781. The van der Waals surface area contributed by atoms with Crippen LogP contribution in [0.5, 0.6) is 11.5 Å². The van der Waals surface area contributed by atoms with E-state index in [2.05, 4.69) is 10.1 Å². The van der Waals surface area contributed by atoms with E-state index >= 15 is 0 Å². The number of nitrogens with one attached hydrogen (secondary N) is 1. The van der Waals surface area contributed by atoms with Gasteiger partial charge < -0.3 is 14.8 Å². The molecular weight excluding hydrogens is 306 g/mol. The molecule has 124 valence electrons. The van der Waals surface area contributed by atoms with Crippen LogP contribution in [-0.2, 0) is 4.79 Å². The zero-order valence-electron chi connectivity index (χ0n) is 12.9. The van der Waals surface area contributed by atoms with Crippen LogP contribution >= 0.6 is 0 Å². The summed E-state index contributed by atoms with van der Waals surface area (Å²) in [5, 5.41) is 11.7. The van der Waals surface area contributed by atoms with Crippen molar-refractivity contribution in [1.29, 1.82) is 5.26 Å². The highest BCUT2D eigenvalue weighted by Gasteiger charge is 2.12. The summed E-state index contributed by atoms with van der Waals surface area (Å²) in [7, 11) is 1.31. The molecule has 1 rings (SSSR count). The van der Waals surface area contributed by atoms with Crippen LogP contribution < -0.4 is 14.8 Å². The van der Waals surface area contributed by atoms with E-state index in [0.29, 0.717) is 12.1 Å². The first-order valence-corrected chi connectivity index (χ1v) is 7.04. The number of halogens is 2. The zero-order chi connectivity index (χ0) is 17.2. The molecule has 0 saturated carbocycles. The Labute approximate surface area is 133 Å². The molecule has 1 N–H and O–H groups in total. The molecular formula is C16H18F2N2O3. The smallest absolute Gasteiger partial charge is 0.387 e. The Bertz CT molecular complexity index is 610. The Morgan fingerprint density at radius 3 is 2.74 bits per heavy atom. The second-order valence-electron chi connectivity index (χ2n) is 4.57. The van der Waals surface area contributed by atoms with E-state index in [1.54, 1.807) is 0 Å². The quantitative estimate of drug-likeness (QED) is 0.453. The van der Waals surface area contributed by atoms with Crippen LogP contribution in [-0.4, -0.2) is 26.2 Å². The van der Waals surface area contributed by atoms with Crippen molar-refractivity contribution < 1.29 is 23.0 Å². The van der Waals surface area contributed by atoms with E-state index in [0.717, 1.165) is 12.8 Å². The van der Waals surface area contributed by atoms with Gasteiger partial charge in [-0.05, 0) is 30.2 Å². The van der Waals surface area contributed by atoms with Crippen molar-refractivity contribution in [3.63, 3.8) is 0 Å². The molecule has 0 fully saturated rings. The van der Waals surface area contributed by atoms with Crippen molar-refractivity contribution >= 4 is 12.0 Å². The Balaban J connectivity index is 2.96. The number of benzene rings is 1. The molecule has 0 atom stereocenters. The van der Waals surface area contributed by atoms with E-state index < -0.39 is 12.5 Å². The second-order valence-corrected chi connectivity index (χ2v) is 4.57. The predicted octanol–water partition coefficient (Wildman–Crippen LogP) is 3.12. The van der Waals surface area contributed by atoms with Gasteiger partial charge in [0.05, 0.1) is 7.11 Å². The van der Waals surface area contributed by atoms with Crippen molar-refractivity contribution in [3.8, 4) is 17.6 Å². The Morgan fingerprint density at radius 1 is 1.43 bits per heavy atom. The SMILES string of the molecule is CCCCNC(=O)/C(C#N)=C/c1ccc(OC(F)F)c(OC)c1. The number of carbonyl (C=O) groups is 1. The Morgan fingerprint density at radius 2 is 2.17 bits per heavy atom. The van der Waals surface area contributed by atoms with E-state index in [4.69, 9.17) is 10.00 Å². The molecule has 0 saturated heterocycles. The van der Waals surface area contributed by atoms with E-state index in [1.807, 2.05) is 13.0 Å². The lowest BCUT2D eigenvalue weighted by Crippen LogP contribution is -2.25. The number of rotatable bonds is 8. The standard InChI is InChI=1S/C16H18F2N2O3/c1-3-4-7-20-15(21)12(10-19)8-11-5-6-13(23-16(17)18)14(9-11)22-2/h5-6,8-9,16H,3-4,7H2,1-2H3,(H,20,21)/b12-8+. The molecule has 23 heavy (non-hydrogen) atoms. The Hall–Kier alpha value is -2.62. The molecule has 0 bridgehead atoms. The molecule has 0 aliphatic carbocycles. The van der Waals surface area contributed by atoms with Gasteiger partial charge in [0, 0.05) is 6.54 Å². The van der Waals surface area contributed by atoms with E-state index in [-0.39, 0.29) is 17.1 Å². The molecule has 0 unspecified atom stereocenters. The molecule has 0 aromatic heterocycles. The fourth-order valence-corrected chi connectivity index (χ4v) is 1.76. The highest BCUT2D eigenvalue weighted by atomic mass is 19.3. The summed E-state index contributed by atoms with van der Waals surface area (Å²) in [6.45, 7) is -0.495. The number of nitrogens with zero attached hydrogens (tertiary/aromatic N) is 1. The maximum atomic E-state index is 12.3. The summed E-state index contributed by atoms with van der Waals surface area (Å²) < 4.78 is 33.8. The maximum Gasteiger partial charge on any atom is 0.387 e. The van der Waals surface area contributed by atoms with Crippen LogP contribution in [0.1, 0.15) is 25.3 Å². The first-order valence-electron chi connectivity index (χ1n) is 7.04. The van der Waals surface area contributed by atoms with Crippen molar-refractivity contribution in [1.82, 2.24) is 5.32 Å². The predicted molar refractivity (Wildman–Crippen MR) is 81.1 cm³/mol. The minimum atomic E-state index is -2.97. The lowest BCUT2D eigenvalue weighted by molar-refractivity contribution is -0.117. The van der Waals surface area contributed by atoms with Crippen LogP contribution in [0.3, 0.4) is 0 Å². The largest absolute Gasteiger partial charge is 0.493 e. The molecule has 1 amide bonds. The van der Waals surface area contributed by atoms with Crippen molar-refractivity contribution in [3.05, 3.63) is 29.3 Å². The third kappa shape index (κ3) is 5.94. The number of carbonyl (C=O) groups excluding carboxylic acids is 1. The van der Waals surface area contributed by atoms with Crippen LogP contribution in [0.25, 0.3) is 6.08 Å². The summed E-state index contributed by atoms with van der Waals surface area (Å²) in [6.07, 6.45) is 3.10. The number of hydrogen-bond acceptors (Lipinski definition) is 4. The van der Waals surface area contributed by atoms with Gasteiger partial charge in [-0.3, -0.25) is 4.79 Å². The maximum absolute atomic E-state index is 12.3. The molecule has 7 heteroatoms. The highest BCUT2D eigenvalue weighted by Crippen LogP contribution is 2.30. The van der Waals surface area contributed by atoms with Gasteiger partial charge in [0.25, 0.3) is 5.91 Å². The van der Waals surface area contributed by atoms with Gasteiger partial charge in [-0.25, -0.2) is 0 Å². The normalized spacial score (nSPS) is 11.0. The topological polar surface area (TPSA) is 71.4 Å². The lowest BCUT2D eigenvalue weighted by Gasteiger charge is -2.10. The van der Waals surface area contributed by atoms with Gasteiger partial charge >= 0.3 is 6.61 Å². The third-order valence-corrected chi connectivity index (χ3v) is 2.90. The summed E-state index contributed by atoms with van der Waals surface area (Å²) in [5.41, 5.74) is 0.386. The summed E-state index contributed by atoms with van der Waals surface area (Å²) in [6, 6.07) is 5.98. The molecule has 0 spiro atoms. The van der Waals surface area contributed by atoms with Gasteiger partial charge in [0.15, 0.2) is 11.5 Å². The first kappa shape index (κ1) is 18.4. The summed E-state index contributed by atoms with van der Waals surface area (Å²) >= 11 is 0. The van der Waals surface area contributed by atoms with Crippen LogP contribution in [0.2, 0.25) is 0 Å². The van der Waals surface area contributed by atoms with Gasteiger partial charge in [0.2, 0.25) is 0 Å². The minimum Gasteiger partial charge on any atom is -0.493 e. The fourth-order valence-electron chi connectivity index (χ4n) is 1.76. The summed E-state index contributed by atoms with van der Waals surface area (Å²) in [4.78, 5) is 11.9. The molecule has 5 nitrogen and oxygen atoms in total. The van der Waals surface area contributed by atoms with Crippen LogP contribution in [0.4, 0.5) is 8.78 Å². The van der Waals surface area contributed by atoms with E-state index in [1.165, 1.54) is 31.4 Å². The molecule has 0 radical (unpaired) electrons. The molecule has 0 aliphatic rings. The van der Waals surface area contributed by atoms with E-state index in [9.17, 15) is 13.6 Å². The number of unbranched alkanes of at least 4 members (excludes halogenated alkanes) is 1. The number of ether oxygens (including phenoxy) is 2. The summed E-state index contributed by atoms with van der Waals surface area (Å²) in [5.74, 6) is -0.513. The molecule has 0 aliphatic heterocycles. The van der Waals surface area contributed by atoms with Crippen molar-refractivity contribution in [2.75, 3.05) is 13.7 Å². The number of alkyl halides is 2. The number of amides is 1. The average molecular weight is 324 g/mol. The first-order chi connectivity index (χ1) is 11.0. The van der Waals surface area contributed by atoms with Gasteiger partial charge in [0.1, 0.15) is 11.6 Å². The fraction of sp³-hybridized carbons (Fsp3) is 0.375. The Kier molecular flexibility index (Phi) is 7.54. The highest BCUT2D eigenvalue weighted by molar-refractivity contribution is 6.01. The van der Waals surface area contributed by atoms with Gasteiger partial charge in [-0.15, -0.1) is 0 Å². The second kappa shape index (κ2) is 9.41. The average Bonchev–Trinajstić information content (AvgIpc) is 2.53. The van der Waals surface area contributed by atoms with Crippen molar-refractivity contribution in [2.45, 2.75) is 26.4 Å². The number of hydrogen-bond donors (Lipinski definition) is 1. The van der Waals surface area contributed by atoms with Crippen molar-refractivity contribution in [2.24, 2.45) is 0 Å². The monoisotopic (exact) mass is 324 g/mol. The lowest BCUT2D eigenvalue weighted by atomic mass is 10.1. The number of nitriles is 1. The molecule has 1 aromatic rings. The van der Waals surface area contributed by atoms with Crippen LogP contribution in [0, 0.1) is 11.3 Å². The van der Waals surface area contributed by atoms with Gasteiger partial charge in [-0.1, -0.05) is 19.4 Å². The third-order valence-electron chi connectivity index (χ3n) is 2.90. The molecule has 0 heterocycles.